The molecule has 1 fully saturated rings. The molecule has 0 amide bonds. The number of benzene rings is 2. The number of methoxy groups -OCH3 is 1. The lowest BCUT2D eigenvalue weighted by Gasteiger charge is -2.42. The number of aromatic hydroxyl groups is 1. The van der Waals surface area contributed by atoms with Crippen molar-refractivity contribution in [3.05, 3.63) is 53.6 Å². The third-order valence-electron chi connectivity index (χ3n) is 5.59. The number of phenols is 1. The van der Waals surface area contributed by atoms with Crippen LogP contribution in [0, 0.1) is 5.92 Å². The minimum Gasteiger partial charge on any atom is -0.506 e. The lowest BCUT2D eigenvalue weighted by molar-refractivity contribution is -0.0646. The Labute approximate surface area is 171 Å². The van der Waals surface area contributed by atoms with Crippen LogP contribution in [0.5, 0.6) is 17.2 Å². The fourth-order valence-electron chi connectivity index (χ4n) is 4.22. The second-order valence-electron chi connectivity index (χ2n) is 7.87. The first kappa shape index (κ1) is 21.1. The Morgan fingerprint density at radius 1 is 1.17 bits per heavy atom. The van der Waals surface area contributed by atoms with Crippen molar-refractivity contribution >= 4 is 5.97 Å². The molecule has 29 heavy (non-hydrogen) atoms. The highest BCUT2D eigenvalue weighted by Crippen LogP contribution is 2.49. The highest BCUT2D eigenvalue weighted by molar-refractivity contribution is 5.95. The van der Waals surface area contributed by atoms with E-state index in [1.54, 1.807) is 30.3 Å². The first-order valence-corrected chi connectivity index (χ1v) is 9.91. The first-order valence-electron chi connectivity index (χ1n) is 9.91. The summed E-state index contributed by atoms with van der Waals surface area (Å²) in [6.07, 6.45) is 3.17. The molecule has 2 aromatic rings. The van der Waals surface area contributed by atoms with E-state index in [2.05, 4.69) is 0 Å². The summed E-state index contributed by atoms with van der Waals surface area (Å²) in [6.45, 7) is 0.664. The van der Waals surface area contributed by atoms with Gasteiger partial charge in [-0.2, -0.15) is 0 Å². The Morgan fingerprint density at radius 2 is 1.90 bits per heavy atom. The van der Waals surface area contributed by atoms with Gasteiger partial charge in [0.15, 0.2) is 0 Å². The first-order chi connectivity index (χ1) is 13.9. The maximum atomic E-state index is 12.7. The van der Waals surface area contributed by atoms with E-state index in [0.29, 0.717) is 24.5 Å². The van der Waals surface area contributed by atoms with Crippen LogP contribution in [0.25, 0.3) is 0 Å². The van der Waals surface area contributed by atoms with Gasteiger partial charge in [-0.1, -0.05) is 31.0 Å². The number of esters is 1. The van der Waals surface area contributed by atoms with Crippen LogP contribution in [0.15, 0.2) is 42.5 Å². The number of carbonyl (C=O) groups excluding carboxylic acids is 1. The zero-order chi connectivity index (χ0) is 21.0. The van der Waals surface area contributed by atoms with Crippen LogP contribution in [0.2, 0.25) is 0 Å². The summed E-state index contributed by atoms with van der Waals surface area (Å²) in [5.74, 6) is -0.297. The van der Waals surface area contributed by atoms with Crippen molar-refractivity contribution in [3.63, 3.8) is 0 Å². The monoisotopic (exact) mass is 399 g/mol. The summed E-state index contributed by atoms with van der Waals surface area (Å²) < 4.78 is 10.9. The van der Waals surface area contributed by atoms with Crippen LogP contribution in [-0.2, 0) is 5.60 Å². The van der Waals surface area contributed by atoms with Crippen molar-refractivity contribution in [1.29, 1.82) is 0 Å². The smallest absolute Gasteiger partial charge is 0.347 e. The van der Waals surface area contributed by atoms with E-state index < -0.39 is 11.6 Å². The van der Waals surface area contributed by atoms with Gasteiger partial charge in [-0.25, -0.2) is 4.79 Å². The normalized spacial score (nSPS) is 21.8. The molecule has 2 N–H and O–H groups in total. The molecule has 0 bridgehead atoms. The highest BCUT2D eigenvalue weighted by atomic mass is 16.5. The standard InChI is InChI=1S/C23H29NO5/c1-24(2)15-16-9-7-8-14-23(16,27)20-19(28-3)13-12-18(21(20)25)22(26)29-17-10-5-4-6-11-17/h4-6,10-13,16,25,27H,7-9,14-15H2,1-3H3/t16-,23-/m1/s1. The SMILES string of the molecule is COc1ccc(C(=O)Oc2ccccc2)c(O)c1[C@@]1(O)CCCC[C@@H]1CN(C)C. The number of hydrogen-bond acceptors (Lipinski definition) is 6. The van der Waals surface area contributed by atoms with Gasteiger partial charge < -0.3 is 24.6 Å². The average molecular weight is 399 g/mol. The lowest BCUT2D eigenvalue weighted by Crippen LogP contribution is -2.43. The highest BCUT2D eigenvalue weighted by Gasteiger charge is 2.45. The molecule has 0 saturated heterocycles. The van der Waals surface area contributed by atoms with E-state index in [9.17, 15) is 15.0 Å². The number of aliphatic hydroxyl groups is 1. The molecule has 0 aromatic heterocycles. The van der Waals surface area contributed by atoms with Gasteiger partial charge in [0.1, 0.15) is 28.4 Å². The van der Waals surface area contributed by atoms with Crippen LogP contribution >= 0.6 is 0 Å². The zero-order valence-electron chi connectivity index (χ0n) is 17.2. The molecule has 2 atom stereocenters. The number of rotatable bonds is 6. The number of nitrogens with zero attached hydrogens (tertiary/aromatic N) is 1. The predicted octanol–water partition coefficient (Wildman–Crippen LogP) is 3.56. The maximum Gasteiger partial charge on any atom is 0.347 e. The van der Waals surface area contributed by atoms with Crippen molar-refractivity contribution in [2.45, 2.75) is 31.3 Å². The van der Waals surface area contributed by atoms with Gasteiger partial charge in [0.2, 0.25) is 0 Å². The largest absolute Gasteiger partial charge is 0.506 e. The number of phenolic OH excluding ortho intramolecular Hbond substituents is 1. The Hall–Kier alpha value is -2.57. The summed E-state index contributed by atoms with van der Waals surface area (Å²) in [7, 11) is 5.41. The Balaban J connectivity index is 2.03. The minimum absolute atomic E-state index is 0.00672. The number of para-hydroxylation sites is 1. The van der Waals surface area contributed by atoms with Crippen molar-refractivity contribution in [3.8, 4) is 17.2 Å². The van der Waals surface area contributed by atoms with Gasteiger partial charge in [-0.05, 0) is 51.2 Å². The molecule has 3 rings (SSSR count). The molecule has 0 unspecified atom stereocenters. The molecule has 0 radical (unpaired) electrons. The second-order valence-corrected chi connectivity index (χ2v) is 7.87. The van der Waals surface area contributed by atoms with Crippen molar-refractivity contribution in [1.82, 2.24) is 4.90 Å². The third-order valence-corrected chi connectivity index (χ3v) is 5.59. The molecule has 1 saturated carbocycles. The van der Waals surface area contributed by atoms with E-state index >= 15 is 0 Å². The molecule has 0 heterocycles. The van der Waals surface area contributed by atoms with Crippen molar-refractivity contribution in [2.75, 3.05) is 27.7 Å². The van der Waals surface area contributed by atoms with E-state index in [1.165, 1.54) is 13.2 Å². The molecule has 2 aromatic carbocycles. The van der Waals surface area contributed by atoms with Crippen molar-refractivity contribution in [2.24, 2.45) is 5.92 Å². The number of hydrogen-bond donors (Lipinski definition) is 2. The maximum absolute atomic E-state index is 12.7. The zero-order valence-corrected chi connectivity index (χ0v) is 17.2. The summed E-state index contributed by atoms with van der Waals surface area (Å²) >= 11 is 0. The molecule has 1 aliphatic carbocycles. The van der Waals surface area contributed by atoms with E-state index in [-0.39, 0.29) is 22.8 Å². The van der Waals surface area contributed by atoms with Gasteiger partial charge in [-0.3, -0.25) is 0 Å². The molecular formula is C23H29NO5. The van der Waals surface area contributed by atoms with Crippen LogP contribution < -0.4 is 9.47 Å². The minimum atomic E-state index is -1.29. The summed E-state index contributed by atoms with van der Waals surface area (Å²) in [5.41, 5.74) is -1.01. The van der Waals surface area contributed by atoms with E-state index in [4.69, 9.17) is 9.47 Å². The fraction of sp³-hybridized carbons (Fsp3) is 0.435. The van der Waals surface area contributed by atoms with Crippen LogP contribution in [0.1, 0.15) is 41.6 Å². The molecule has 0 aliphatic heterocycles. The molecule has 1 aliphatic rings. The molecule has 6 nitrogen and oxygen atoms in total. The van der Waals surface area contributed by atoms with Gasteiger partial charge >= 0.3 is 5.97 Å². The van der Waals surface area contributed by atoms with E-state index in [1.807, 2.05) is 25.1 Å². The molecule has 6 heteroatoms. The van der Waals surface area contributed by atoms with Gasteiger partial charge in [0, 0.05) is 12.5 Å². The van der Waals surface area contributed by atoms with Crippen molar-refractivity contribution < 1.29 is 24.5 Å². The Kier molecular flexibility index (Phi) is 6.45. The third kappa shape index (κ3) is 4.38. The summed E-state index contributed by atoms with van der Waals surface area (Å²) in [6, 6.07) is 11.8. The van der Waals surface area contributed by atoms with Crippen LogP contribution in [-0.4, -0.2) is 48.8 Å². The predicted molar refractivity (Wildman–Crippen MR) is 110 cm³/mol. The average Bonchev–Trinajstić information content (AvgIpc) is 2.69. The summed E-state index contributed by atoms with van der Waals surface area (Å²) in [4.78, 5) is 14.7. The topological polar surface area (TPSA) is 79.2 Å². The fourth-order valence-corrected chi connectivity index (χ4v) is 4.22. The lowest BCUT2D eigenvalue weighted by atomic mass is 9.70. The van der Waals surface area contributed by atoms with Crippen LogP contribution in [0.4, 0.5) is 0 Å². The molecular weight excluding hydrogens is 370 g/mol. The Bertz CT molecular complexity index is 852. The Morgan fingerprint density at radius 3 is 2.55 bits per heavy atom. The van der Waals surface area contributed by atoms with Gasteiger partial charge in [-0.15, -0.1) is 0 Å². The second kappa shape index (κ2) is 8.84. The number of ether oxygens (including phenoxy) is 2. The quantitative estimate of drug-likeness (QED) is 0.571. The van der Waals surface area contributed by atoms with Gasteiger partial charge in [0.05, 0.1) is 12.7 Å². The van der Waals surface area contributed by atoms with E-state index in [0.717, 1.165) is 19.3 Å². The molecule has 156 valence electrons. The van der Waals surface area contributed by atoms with Crippen LogP contribution in [0.3, 0.4) is 0 Å². The summed E-state index contributed by atoms with van der Waals surface area (Å²) in [5, 5.41) is 22.8. The molecule has 0 spiro atoms. The number of carbonyl (C=O) groups is 1. The van der Waals surface area contributed by atoms with Gasteiger partial charge in [0.25, 0.3) is 0 Å².